The molecule has 2 aromatic heterocycles. The molecule has 3 fully saturated rings. The molecular formula is C21H24N8O. The molecule has 5 aliphatic rings. The van der Waals surface area contributed by atoms with Crippen molar-refractivity contribution in [3.8, 4) is 0 Å². The SMILES string of the molecule is CC1(C)OCCn2c1nc1c(N3CC4CC3C4)nc(C3=CN/C(=C\C=N)N=C3)nc12. The second-order valence-corrected chi connectivity index (χ2v) is 8.85. The predicted molar refractivity (Wildman–Crippen MR) is 115 cm³/mol. The summed E-state index contributed by atoms with van der Waals surface area (Å²) in [5.74, 6) is 3.86. The van der Waals surface area contributed by atoms with Crippen LogP contribution in [0.5, 0.6) is 0 Å². The van der Waals surface area contributed by atoms with E-state index in [0.717, 1.165) is 47.4 Å². The van der Waals surface area contributed by atoms with Gasteiger partial charge in [-0.1, -0.05) is 0 Å². The van der Waals surface area contributed by atoms with E-state index in [1.165, 1.54) is 19.1 Å². The van der Waals surface area contributed by atoms with E-state index in [0.29, 0.717) is 24.3 Å². The van der Waals surface area contributed by atoms with Gasteiger partial charge >= 0.3 is 0 Å². The van der Waals surface area contributed by atoms with Gasteiger partial charge in [0.2, 0.25) is 0 Å². The Kier molecular flexibility index (Phi) is 3.68. The maximum absolute atomic E-state index is 7.21. The summed E-state index contributed by atoms with van der Waals surface area (Å²) in [6.45, 7) is 6.52. The van der Waals surface area contributed by atoms with E-state index in [9.17, 15) is 0 Å². The Labute approximate surface area is 174 Å². The minimum absolute atomic E-state index is 0.455. The molecule has 0 spiro atoms. The lowest BCUT2D eigenvalue weighted by Crippen LogP contribution is -2.33. The molecule has 2 N–H and O–H groups in total. The molecule has 1 saturated carbocycles. The molecule has 7 rings (SSSR count). The monoisotopic (exact) mass is 404 g/mol. The number of hydrogen-bond donors (Lipinski definition) is 2. The fourth-order valence-electron chi connectivity index (χ4n) is 4.89. The highest BCUT2D eigenvalue weighted by atomic mass is 16.5. The Balaban J connectivity index is 1.52. The predicted octanol–water partition coefficient (Wildman–Crippen LogP) is 2.20. The molecule has 0 amide bonds. The summed E-state index contributed by atoms with van der Waals surface area (Å²) < 4.78 is 8.17. The number of anilines is 1. The van der Waals surface area contributed by atoms with Gasteiger partial charge in [0.1, 0.15) is 17.2 Å². The Morgan fingerprint density at radius 2 is 2.13 bits per heavy atom. The lowest BCUT2D eigenvalue weighted by molar-refractivity contribution is -0.0530. The first-order valence-electron chi connectivity index (χ1n) is 10.4. The molecule has 2 bridgehead atoms. The smallest absolute Gasteiger partial charge is 0.167 e. The lowest BCUT2D eigenvalue weighted by atomic mass is 9.86. The number of nitrogens with zero attached hydrogens (tertiary/aromatic N) is 6. The van der Waals surface area contributed by atoms with Crippen LogP contribution in [-0.2, 0) is 16.9 Å². The Morgan fingerprint density at radius 3 is 2.83 bits per heavy atom. The minimum Gasteiger partial charge on any atom is -0.366 e. The first-order valence-corrected chi connectivity index (χ1v) is 10.4. The fraction of sp³-hybridized carbons (Fsp3) is 0.476. The van der Waals surface area contributed by atoms with Crippen LogP contribution in [0.4, 0.5) is 5.82 Å². The highest BCUT2D eigenvalue weighted by Gasteiger charge is 2.45. The zero-order valence-electron chi connectivity index (χ0n) is 17.1. The van der Waals surface area contributed by atoms with Gasteiger partial charge in [-0.05, 0) is 38.7 Å². The molecule has 154 valence electrons. The molecule has 0 radical (unpaired) electrons. The number of ether oxygens (including phenoxy) is 1. The van der Waals surface area contributed by atoms with Crippen molar-refractivity contribution in [3.63, 3.8) is 0 Å². The average molecular weight is 404 g/mol. The van der Waals surface area contributed by atoms with Crippen molar-refractivity contribution in [3.05, 3.63) is 29.7 Å². The van der Waals surface area contributed by atoms with Crippen LogP contribution in [0.25, 0.3) is 16.7 Å². The molecule has 0 aromatic carbocycles. The lowest BCUT2D eigenvalue weighted by Gasteiger charge is -2.30. The summed E-state index contributed by atoms with van der Waals surface area (Å²) in [7, 11) is 0. The van der Waals surface area contributed by atoms with Gasteiger partial charge < -0.3 is 24.9 Å². The summed E-state index contributed by atoms with van der Waals surface area (Å²) >= 11 is 0. The van der Waals surface area contributed by atoms with E-state index in [4.69, 9.17) is 25.1 Å². The van der Waals surface area contributed by atoms with Crippen molar-refractivity contribution in [2.24, 2.45) is 10.9 Å². The van der Waals surface area contributed by atoms with Gasteiger partial charge in [0.05, 0.1) is 12.2 Å². The molecule has 0 atom stereocenters. The van der Waals surface area contributed by atoms with Gasteiger partial charge in [-0.2, -0.15) is 0 Å². The summed E-state index contributed by atoms with van der Waals surface area (Å²) in [6, 6.07) is 0.554. The third-order valence-electron chi connectivity index (χ3n) is 6.49. The Bertz CT molecular complexity index is 1150. The van der Waals surface area contributed by atoms with Crippen LogP contribution in [0.2, 0.25) is 0 Å². The maximum atomic E-state index is 7.21. The summed E-state index contributed by atoms with van der Waals surface area (Å²) in [5.41, 5.74) is 2.09. The van der Waals surface area contributed by atoms with Crippen molar-refractivity contribution in [2.75, 3.05) is 18.1 Å². The van der Waals surface area contributed by atoms with Crippen molar-refractivity contribution >= 4 is 35.0 Å². The van der Waals surface area contributed by atoms with Gasteiger partial charge in [-0.25, -0.2) is 19.9 Å². The van der Waals surface area contributed by atoms with Crippen LogP contribution in [0, 0.1) is 11.3 Å². The van der Waals surface area contributed by atoms with Crippen LogP contribution in [-0.4, -0.2) is 51.1 Å². The topological polar surface area (TPSA) is 104 Å². The van der Waals surface area contributed by atoms with Gasteiger partial charge in [0.15, 0.2) is 22.8 Å². The van der Waals surface area contributed by atoms with E-state index in [-0.39, 0.29) is 0 Å². The van der Waals surface area contributed by atoms with Crippen LogP contribution >= 0.6 is 0 Å². The fourth-order valence-corrected chi connectivity index (χ4v) is 4.89. The van der Waals surface area contributed by atoms with Gasteiger partial charge in [0.25, 0.3) is 0 Å². The van der Waals surface area contributed by atoms with Gasteiger partial charge in [-0.3, -0.25) is 0 Å². The molecule has 1 aliphatic carbocycles. The standard InChI is InChI=1S/C21H24N8O/c1-21(2)20-25-16-18(28(20)5-6-30-21)26-17(13-9-23-15(3-4-22)24-10-13)27-19(16)29-11-12-7-14(29)8-12/h3-4,9-10,12,14,22-23H,5-8,11H2,1-2H3/b15-3+,22-4?. The van der Waals surface area contributed by atoms with Crippen molar-refractivity contribution < 1.29 is 4.74 Å². The number of rotatable bonds is 3. The number of imidazole rings is 1. The third-order valence-corrected chi connectivity index (χ3v) is 6.49. The number of nitrogens with one attached hydrogen (secondary N) is 2. The number of fused-ring (bicyclic) bond motifs is 4. The van der Waals surface area contributed by atoms with Crippen LogP contribution < -0.4 is 10.2 Å². The highest BCUT2D eigenvalue weighted by Crippen LogP contribution is 2.45. The van der Waals surface area contributed by atoms with E-state index in [2.05, 4.69) is 33.6 Å². The largest absolute Gasteiger partial charge is 0.366 e. The average Bonchev–Trinajstić information content (AvgIpc) is 3.40. The zero-order valence-corrected chi connectivity index (χ0v) is 17.1. The second kappa shape index (κ2) is 6.21. The van der Waals surface area contributed by atoms with Gasteiger partial charge in [0, 0.05) is 37.8 Å². The normalized spacial score (nSPS) is 27.6. The van der Waals surface area contributed by atoms with Crippen molar-refractivity contribution in [1.29, 1.82) is 5.41 Å². The van der Waals surface area contributed by atoms with E-state index < -0.39 is 5.60 Å². The number of allylic oxidation sites excluding steroid dienone is 2. The maximum Gasteiger partial charge on any atom is 0.167 e. The van der Waals surface area contributed by atoms with E-state index in [1.807, 2.05) is 6.20 Å². The molecule has 9 nitrogen and oxygen atoms in total. The van der Waals surface area contributed by atoms with Crippen LogP contribution in [0.1, 0.15) is 38.3 Å². The summed E-state index contributed by atoms with van der Waals surface area (Å²) in [5, 5.41) is 10.3. The molecule has 2 aromatic rings. The second-order valence-electron chi connectivity index (χ2n) is 8.85. The highest BCUT2D eigenvalue weighted by molar-refractivity contribution is 6.10. The van der Waals surface area contributed by atoms with Crippen molar-refractivity contribution in [2.45, 2.75) is 44.9 Å². The van der Waals surface area contributed by atoms with Gasteiger partial charge in [-0.15, -0.1) is 0 Å². The number of aliphatic imine (C=N–C) groups is 1. The van der Waals surface area contributed by atoms with E-state index >= 15 is 0 Å². The molecule has 2 saturated heterocycles. The molecule has 9 heteroatoms. The Hall–Kier alpha value is -3.07. The first-order chi connectivity index (χ1) is 14.5. The minimum atomic E-state index is -0.455. The number of hydrogen-bond acceptors (Lipinski definition) is 8. The summed E-state index contributed by atoms with van der Waals surface area (Å²) in [6.07, 6.45) is 8.89. The zero-order chi connectivity index (χ0) is 20.5. The summed E-state index contributed by atoms with van der Waals surface area (Å²) in [4.78, 5) is 21.7. The molecule has 6 heterocycles. The van der Waals surface area contributed by atoms with E-state index in [1.54, 1.807) is 12.3 Å². The quantitative estimate of drug-likeness (QED) is 0.760. The molecular weight excluding hydrogens is 380 g/mol. The Morgan fingerprint density at radius 1 is 1.27 bits per heavy atom. The third kappa shape index (κ3) is 2.54. The molecule has 30 heavy (non-hydrogen) atoms. The number of aromatic nitrogens is 4. The van der Waals surface area contributed by atoms with Crippen LogP contribution in [0.15, 0.2) is 23.1 Å². The molecule has 4 aliphatic heterocycles. The van der Waals surface area contributed by atoms with Crippen molar-refractivity contribution in [1.82, 2.24) is 24.8 Å². The molecule has 0 unspecified atom stereocenters. The van der Waals surface area contributed by atoms with Crippen LogP contribution in [0.3, 0.4) is 0 Å². The first kappa shape index (κ1) is 17.8.